The fourth-order valence-electron chi connectivity index (χ4n) is 4.16. The number of aliphatic hydroxyl groups is 1. The van der Waals surface area contributed by atoms with Crippen LogP contribution in [0.1, 0.15) is 32.6 Å². The molecule has 33 heavy (non-hydrogen) atoms. The molecule has 0 spiro atoms. The summed E-state index contributed by atoms with van der Waals surface area (Å²) < 4.78 is 45.3. The van der Waals surface area contributed by atoms with E-state index in [1.54, 1.807) is 49.8 Å². The van der Waals surface area contributed by atoms with Gasteiger partial charge in [0.2, 0.25) is 5.95 Å². The smallest absolute Gasteiger partial charge is 0.390 e. The molecular weight excluding hydrogens is 437 g/mol. The van der Waals surface area contributed by atoms with Gasteiger partial charge in [0.25, 0.3) is 5.88 Å². The molecule has 3 heterocycles. The summed E-state index contributed by atoms with van der Waals surface area (Å²) in [4.78, 5) is 12.5. The molecule has 0 saturated heterocycles. The highest BCUT2D eigenvalue weighted by Crippen LogP contribution is 2.35. The highest BCUT2D eigenvalue weighted by atomic mass is 19.4. The molecule has 3 aromatic heterocycles. The number of hydrogen-bond acceptors (Lipinski definition) is 7. The van der Waals surface area contributed by atoms with Crippen LogP contribution in [0.4, 0.5) is 19.1 Å². The summed E-state index contributed by atoms with van der Waals surface area (Å²) in [6.45, 7) is 1.78. The third-order valence-corrected chi connectivity index (χ3v) is 5.87. The first-order chi connectivity index (χ1) is 15.7. The fourth-order valence-corrected chi connectivity index (χ4v) is 4.16. The van der Waals surface area contributed by atoms with Crippen molar-refractivity contribution < 1.29 is 23.0 Å². The van der Waals surface area contributed by atoms with Crippen LogP contribution >= 0.6 is 0 Å². The van der Waals surface area contributed by atoms with E-state index in [1.165, 1.54) is 4.52 Å². The van der Waals surface area contributed by atoms with Crippen molar-refractivity contribution in [2.24, 2.45) is 0 Å². The van der Waals surface area contributed by atoms with Gasteiger partial charge in [-0.2, -0.15) is 4.98 Å². The van der Waals surface area contributed by atoms with Gasteiger partial charge < -0.3 is 15.2 Å². The molecule has 5 rings (SSSR count). The van der Waals surface area contributed by atoms with Gasteiger partial charge in [0.1, 0.15) is 5.52 Å². The van der Waals surface area contributed by atoms with Gasteiger partial charge in [-0.3, -0.25) is 9.97 Å². The van der Waals surface area contributed by atoms with Crippen LogP contribution in [0.2, 0.25) is 0 Å². The number of hydrogen-bond donors (Lipinski definition) is 2. The number of nitrogens with zero attached hydrogens (tertiary/aromatic N) is 5. The van der Waals surface area contributed by atoms with E-state index in [4.69, 9.17) is 0 Å². The van der Waals surface area contributed by atoms with Crippen molar-refractivity contribution in [1.29, 1.82) is 0 Å². The normalized spacial score (nSPS) is 21.4. The van der Waals surface area contributed by atoms with Gasteiger partial charge in [-0.15, -0.1) is 18.3 Å². The second kappa shape index (κ2) is 7.84. The topological polar surface area (TPSA) is 97.5 Å². The van der Waals surface area contributed by atoms with Gasteiger partial charge in [0.15, 0.2) is 0 Å². The van der Waals surface area contributed by atoms with E-state index < -0.39 is 17.8 Å². The van der Waals surface area contributed by atoms with E-state index in [9.17, 15) is 18.3 Å². The van der Waals surface area contributed by atoms with Gasteiger partial charge in [0, 0.05) is 30.2 Å². The highest BCUT2D eigenvalue weighted by molar-refractivity contribution is 5.89. The second-order valence-corrected chi connectivity index (χ2v) is 8.49. The zero-order valence-corrected chi connectivity index (χ0v) is 17.7. The van der Waals surface area contributed by atoms with Crippen molar-refractivity contribution in [2.75, 3.05) is 5.32 Å². The van der Waals surface area contributed by atoms with Crippen molar-refractivity contribution in [1.82, 2.24) is 24.6 Å². The number of benzene rings is 1. The Bertz CT molecular complexity index is 1310. The summed E-state index contributed by atoms with van der Waals surface area (Å²) in [6.07, 6.45) is 2.22. The molecule has 1 saturated carbocycles. The van der Waals surface area contributed by atoms with Crippen molar-refractivity contribution in [3.8, 4) is 17.0 Å². The molecule has 11 heteroatoms. The number of halogens is 3. The van der Waals surface area contributed by atoms with Gasteiger partial charge in [-0.1, -0.05) is 6.07 Å². The maximum Gasteiger partial charge on any atom is 0.574 e. The monoisotopic (exact) mass is 458 g/mol. The minimum atomic E-state index is -4.92. The molecule has 0 amide bonds. The lowest BCUT2D eigenvalue weighted by atomic mass is 9.84. The molecule has 172 valence electrons. The molecular formula is C22H21F3N6O2. The number of rotatable bonds is 4. The summed E-state index contributed by atoms with van der Waals surface area (Å²) in [5.74, 6) is -0.568. The molecule has 4 aromatic rings. The van der Waals surface area contributed by atoms with Crippen LogP contribution in [0.15, 0.2) is 42.9 Å². The number of aromatic nitrogens is 5. The van der Waals surface area contributed by atoms with Crippen LogP contribution in [-0.2, 0) is 0 Å². The van der Waals surface area contributed by atoms with E-state index in [-0.39, 0.29) is 17.5 Å². The Morgan fingerprint density at radius 2 is 1.85 bits per heavy atom. The lowest BCUT2D eigenvalue weighted by molar-refractivity contribution is -0.275. The molecule has 1 aliphatic carbocycles. The van der Waals surface area contributed by atoms with Gasteiger partial charge in [-0.05, 0) is 56.4 Å². The van der Waals surface area contributed by atoms with Crippen molar-refractivity contribution in [2.45, 2.75) is 50.6 Å². The molecule has 0 aliphatic heterocycles. The Balaban J connectivity index is 1.55. The minimum absolute atomic E-state index is 0.0276. The van der Waals surface area contributed by atoms with E-state index in [0.717, 1.165) is 0 Å². The third-order valence-electron chi connectivity index (χ3n) is 5.87. The third kappa shape index (κ3) is 4.54. The Labute approximate surface area is 186 Å². The van der Waals surface area contributed by atoms with Gasteiger partial charge >= 0.3 is 6.36 Å². The van der Waals surface area contributed by atoms with Gasteiger partial charge in [0.05, 0.1) is 16.6 Å². The maximum absolute atomic E-state index is 13.2. The van der Waals surface area contributed by atoms with E-state index in [0.29, 0.717) is 47.8 Å². The summed E-state index contributed by atoms with van der Waals surface area (Å²) in [5.41, 5.74) is 1.75. The molecule has 1 fully saturated rings. The first-order valence-electron chi connectivity index (χ1n) is 10.5. The first-order valence-corrected chi connectivity index (χ1v) is 10.5. The van der Waals surface area contributed by atoms with Crippen LogP contribution in [0.5, 0.6) is 5.88 Å². The molecule has 1 aromatic carbocycles. The predicted octanol–water partition coefficient (Wildman–Crippen LogP) is 4.34. The molecule has 0 bridgehead atoms. The zero-order valence-electron chi connectivity index (χ0n) is 17.7. The Morgan fingerprint density at radius 1 is 1.12 bits per heavy atom. The van der Waals surface area contributed by atoms with Crippen molar-refractivity contribution in [3.05, 3.63) is 42.9 Å². The predicted molar refractivity (Wildman–Crippen MR) is 115 cm³/mol. The molecule has 0 atom stereocenters. The molecule has 8 nitrogen and oxygen atoms in total. The Hall–Kier alpha value is -3.47. The minimum Gasteiger partial charge on any atom is -0.390 e. The van der Waals surface area contributed by atoms with E-state index in [2.05, 4.69) is 30.1 Å². The number of fused-ring (bicyclic) bond motifs is 2. The highest BCUT2D eigenvalue weighted by Gasteiger charge is 2.34. The van der Waals surface area contributed by atoms with Crippen LogP contribution in [0.3, 0.4) is 0 Å². The molecule has 1 aliphatic rings. The average molecular weight is 458 g/mol. The quantitative estimate of drug-likeness (QED) is 0.469. The molecule has 2 N–H and O–H groups in total. The van der Waals surface area contributed by atoms with E-state index >= 15 is 0 Å². The largest absolute Gasteiger partial charge is 0.574 e. The second-order valence-electron chi connectivity index (χ2n) is 8.49. The lowest BCUT2D eigenvalue weighted by Gasteiger charge is -2.33. The summed E-state index contributed by atoms with van der Waals surface area (Å²) in [6, 6.07) is 6.85. The average Bonchev–Trinajstić information content (AvgIpc) is 3.18. The SMILES string of the molecule is C[C@]1(O)CC[C@@H](Nc2nc(OC(F)(F)F)c3c(-c4ccc5nccnc5c4)ccn3n2)CC1. The zero-order chi connectivity index (χ0) is 23.2. The van der Waals surface area contributed by atoms with Gasteiger partial charge in [-0.25, -0.2) is 4.52 Å². The number of alkyl halides is 3. The molecule has 0 radical (unpaired) electrons. The van der Waals surface area contributed by atoms with Crippen LogP contribution in [0.25, 0.3) is 27.7 Å². The first kappa shape index (κ1) is 21.4. The Morgan fingerprint density at radius 3 is 2.58 bits per heavy atom. The standard InChI is InChI=1S/C22H21F3N6O2/c1-21(32)7-4-14(5-8-21)28-20-29-19(33-22(23,24)25)18-15(6-11-31(18)30-20)13-2-3-16-17(12-13)27-10-9-26-16/h2-3,6,9-12,14,32H,4-5,7-8H2,1H3,(H,28,30)/t14-,21+. The van der Waals surface area contributed by atoms with Crippen LogP contribution in [0, 0.1) is 0 Å². The summed E-state index contributed by atoms with van der Waals surface area (Å²) in [7, 11) is 0. The fraction of sp³-hybridized carbons (Fsp3) is 0.364. The summed E-state index contributed by atoms with van der Waals surface area (Å²) in [5, 5.41) is 17.6. The van der Waals surface area contributed by atoms with E-state index in [1.807, 2.05) is 0 Å². The van der Waals surface area contributed by atoms with Crippen LogP contribution < -0.4 is 10.1 Å². The number of nitrogens with one attached hydrogen (secondary N) is 1. The van der Waals surface area contributed by atoms with Crippen LogP contribution in [-0.4, -0.2) is 47.7 Å². The Kier molecular flexibility index (Phi) is 5.08. The number of anilines is 1. The summed E-state index contributed by atoms with van der Waals surface area (Å²) >= 11 is 0. The van der Waals surface area contributed by atoms with Crippen molar-refractivity contribution >= 4 is 22.5 Å². The maximum atomic E-state index is 13.2. The lowest BCUT2D eigenvalue weighted by Crippen LogP contribution is -2.36. The van der Waals surface area contributed by atoms with Crippen molar-refractivity contribution in [3.63, 3.8) is 0 Å². The number of ether oxygens (including phenoxy) is 1. The molecule has 0 unspecified atom stereocenters.